The summed E-state index contributed by atoms with van der Waals surface area (Å²) in [6, 6.07) is 13.3. The monoisotopic (exact) mass is 228 g/mol. The van der Waals surface area contributed by atoms with E-state index in [1.807, 2.05) is 0 Å². The van der Waals surface area contributed by atoms with Crippen LogP contribution in [0.15, 0.2) is 48.5 Å². The van der Waals surface area contributed by atoms with Gasteiger partial charge in [-0.15, -0.1) is 0 Å². The Bertz CT molecular complexity index is 553. The van der Waals surface area contributed by atoms with Gasteiger partial charge < -0.3 is 16.2 Å². The number of benzene rings is 2. The molecular formula is C13H12N2O2. The van der Waals surface area contributed by atoms with Crippen LogP contribution in [0.3, 0.4) is 0 Å². The zero-order valence-electron chi connectivity index (χ0n) is 9.09. The molecule has 0 atom stereocenters. The van der Waals surface area contributed by atoms with Crippen molar-refractivity contribution in [3.63, 3.8) is 0 Å². The van der Waals surface area contributed by atoms with Crippen molar-refractivity contribution >= 4 is 17.3 Å². The highest BCUT2D eigenvalue weighted by molar-refractivity contribution is 5.92. The second-order valence-corrected chi connectivity index (χ2v) is 3.59. The molecule has 4 heteroatoms. The molecule has 0 aliphatic heterocycles. The van der Waals surface area contributed by atoms with Crippen molar-refractivity contribution < 1.29 is 9.53 Å². The fourth-order valence-electron chi connectivity index (χ4n) is 1.41. The molecule has 0 heterocycles. The van der Waals surface area contributed by atoms with Crippen molar-refractivity contribution in [3.8, 4) is 5.75 Å². The van der Waals surface area contributed by atoms with E-state index in [9.17, 15) is 4.79 Å². The molecule has 2 rings (SSSR count). The zero-order valence-corrected chi connectivity index (χ0v) is 9.09. The number of hydrogen-bond donors (Lipinski definition) is 2. The molecule has 0 spiro atoms. The summed E-state index contributed by atoms with van der Waals surface area (Å²) in [6.07, 6.45) is 0. The normalized spacial score (nSPS) is 9.88. The van der Waals surface area contributed by atoms with Gasteiger partial charge in [-0.25, -0.2) is 4.79 Å². The van der Waals surface area contributed by atoms with E-state index in [1.165, 1.54) is 0 Å². The average molecular weight is 228 g/mol. The van der Waals surface area contributed by atoms with Crippen LogP contribution in [0.5, 0.6) is 5.75 Å². The van der Waals surface area contributed by atoms with Crippen molar-refractivity contribution in [2.45, 2.75) is 0 Å². The van der Waals surface area contributed by atoms with Crippen LogP contribution in [0.25, 0.3) is 0 Å². The van der Waals surface area contributed by atoms with Crippen LogP contribution < -0.4 is 16.2 Å². The number of ether oxygens (including phenoxy) is 1. The van der Waals surface area contributed by atoms with Crippen LogP contribution in [0.1, 0.15) is 10.4 Å². The molecule has 2 aromatic rings. The van der Waals surface area contributed by atoms with E-state index in [2.05, 4.69) is 0 Å². The molecule has 0 amide bonds. The number of esters is 1. The Morgan fingerprint density at radius 1 is 0.941 bits per heavy atom. The highest BCUT2D eigenvalue weighted by atomic mass is 16.5. The smallest absolute Gasteiger partial charge is 0.343 e. The number of nitrogens with two attached hydrogens (primary N) is 2. The van der Waals surface area contributed by atoms with E-state index in [0.717, 1.165) is 0 Å². The molecule has 0 saturated heterocycles. The molecule has 86 valence electrons. The topological polar surface area (TPSA) is 78.3 Å². The van der Waals surface area contributed by atoms with E-state index >= 15 is 0 Å². The van der Waals surface area contributed by atoms with Crippen LogP contribution in [-0.4, -0.2) is 5.97 Å². The number of carbonyl (C=O) groups is 1. The van der Waals surface area contributed by atoms with Gasteiger partial charge in [-0.1, -0.05) is 12.1 Å². The van der Waals surface area contributed by atoms with Crippen molar-refractivity contribution in [1.82, 2.24) is 0 Å². The van der Waals surface area contributed by atoms with Gasteiger partial charge in [0.2, 0.25) is 0 Å². The Labute approximate surface area is 98.8 Å². The third kappa shape index (κ3) is 2.75. The molecular weight excluding hydrogens is 216 g/mol. The van der Waals surface area contributed by atoms with E-state index in [1.54, 1.807) is 48.5 Å². The predicted molar refractivity (Wildman–Crippen MR) is 66.7 cm³/mol. The van der Waals surface area contributed by atoms with Gasteiger partial charge in [0.1, 0.15) is 5.75 Å². The van der Waals surface area contributed by atoms with Gasteiger partial charge in [0.25, 0.3) is 0 Å². The molecule has 2 aromatic carbocycles. The van der Waals surface area contributed by atoms with Gasteiger partial charge in [-0.05, 0) is 30.3 Å². The molecule has 0 aromatic heterocycles. The number of rotatable bonds is 2. The lowest BCUT2D eigenvalue weighted by Gasteiger charge is -2.05. The molecule has 4 nitrogen and oxygen atoms in total. The van der Waals surface area contributed by atoms with E-state index in [4.69, 9.17) is 16.2 Å². The molecule has 4 N–H and O–H groups in total. The lowest BCUT2D eigenvalue weighted by atomic mass is 10.2. The van der Waals surface area contributed by atoms with Crippen molar-refractivity contribution in [2.75, 3.05) is 11.5 Å². The fourth-order valence-corrected chi connectivity index (χ4v) is 1.41. The lowest BCUT2D eigenvalue weighted by Crippen LogP contribution is -2.08. The molecule has 0 bridgehead atoms. The average Bonchev–Trinajstić information content (AvgIpc) is 2.29. The Morgan fingerprint density at radius 3 is 2.24 bits per heavy atom. The minimum Gasteiger partial charge on any atom is -0.423 e. The van der Waals surface area contributed by atoms with Crippen LogP contribution in [0.2, 0.25) is 0 Å². The standard InChI is InChI=1S/C13H12N2O2/c14-10-4-1-3-9(7-10)13(16)17-12-6-2-5-11(15)8-12/h1-8H,14-15H2. The van der Waals surface area contributed by atoms with Gasteiger partial charge in [0.05, 0.1) is 5.56 Å². The van der Waals surface area contributed by atoms with E-state index in [-0.39, 0.29) is 0 Å². The predicted octanol–water partition coefficient (Wildman–Crippen LogP) is 2.07. The largest absolute Gasteiger partial charge is 0.423 e. The summed E-state index contributed by atoms with van der Waals surface area (Å²) in [6.45, 7) is 0. The lowest BCUT2D eigenvalue weighted by molar-refractivity contribution is 0.0735. The Morgan fingerprint density at radius 2 is 1.59 bits per heavy atom. The molecule has 0 fully saturated rings. The first-order valence-corrected chi connectivity index (χ1v) is 5.08. The first kappa shape index (κ1) is 11.0. The maximum atomic E-state index is 11.8. The quantitative estimate of drug-likeness (QED) is 0.468. The summed E-state index contributed by atoms with van der Waals surface area (Å²) >= 11 is 0. The maximum absolute atomic E-state index is 11.8. The van der Waals surface area contributed by atoms with Crippen LogP contribution in [0.4, 0.5) is 11.4 Å². The highest BCUT2D eigenvalue weighted by Crippen LogP contribution is 2.16. The fraction of sp³-hybridized carbons (Fsp3) is 0. The number of nitrogen functional groups attached to an aromatic ring is 2. The minimum atomic E-state index is -0.456. The molecule has 0 aliphatic carbocycles. The third-order valence-electron chi connectivity index (χ3n) is 2.19. The number of hydrogen-bond acceptors (Lipinski definition) is 4. The van der Waals surface area contributed by atoms with Gasteiger partial charge in [-0.2, -0.15) is 0 Å². The van der Waals surface area contributed by atoms with Gasteiger partial charge in [0, 0.05) is 17.4 Å². The molecule has 0 aliphatic rings. The Kier molecular flexibility index (Phi) is 2.96. The van der Waals surface area contributed by atoms with Crippen molar-refractivity contribution in [3.05, 3.63) is 54.1 Å². The van der Waals surface area contributed by atoms with E-state index < -0.39 is 5.97 Å². The van der Waals surface area contributed by atoms with Gasteiger partial charge in [-0.3, -0.25) is 0 Å². The summed E-state index contributed by atoms with van der Waals surface area (Å²) in [4.78, 5) is 11.8. The number of anilines is 2. The SMILES string of the molecule is Nc1cccc(OC(=O)c2cccc(N)c2)c1. The third-order valence-corrected chi connectivity index (χ3v) is 2.19. The summed E-state index contributed by atoms with van der Waals surface area (Å²) in [5.41, 5.74) is 12.6. The summed E-state index contributed by atoms with van der Waals surface area (Å²) < 4.78 is 5.16. The Balaban J connectivity index is 2.17. The molecule has 0 radical (unpaired) electrons. The summed E-state index contributed by atoms with van der Waals surface area (Å²) in [7, 11) is 0. The van der Waals surface area contributed by atoms with Crippen LogP contribution >= 0.6 is 0 Å². The van der Waals surface area contributed by atoms with Crippen LogP contribution in [-0.2, 0) is 0 Å². The second kappa shape index (κ2) is 4.57. The first-order valence-electron chi connectivity index (χ1n) is 5.08. The molecule has 0 saturated carbocycles. The molecule has 0 unspecified atom stereocenters. The first-order chi connectivity index (χ1) is 8.15. The Hall–Kier alpha value is -2.49. The summed E-state index contributed by atoms with van der Waals surface area (Å²) in [5.74, 6) is -0.0414. The second-order valence-electron chi connectivity index (χ2n) is 3.59. The molecule has 17 heavy (non-hydrogen) atoms. The van der Waals surface area contributed by atoms with E-state index in [0.29, 0.717) is 22.7 Å². The number of carbonyl (C=O) groups excluding carboxylic acids is 1. The van der Waals surface area contributed by atoms with Crippen molar-refractivity contribution in [1.29, 1.82) is 0 Å². The van der Waals surface area contributed by atoms with Gasteiger partial charge >= 0.3 is 5.97 Å². The zero-order chi connectivity index (χ0) is 12.3. The minimum absolute atomic E-state index is 0.410. The van der Waals surface area contributed by atoms with Gasteiger partial charge in [0.15, 0.2) is 0 Å². The van der Waals surface area contributed by atoms with Crippen LogP contribution in [0, 0.1) is 0 Å². The highest BCUT2D eigenvalue weighted by Gasteiger charge is 2.08. The maximum Gasteiger partial charge on any atom is 0.343 e. The van der Waals surface area contributed by atoms with Crippen molar-refractivity contribution in [2.24, 2.45) is 0 Å². The summed E-state index contributed by atoms with van der Waals surface area (Å²) in [5, 5.41) is 0.